The molecule has 2 N–H and O–H groups in total. The van der Waals surface area contributed by atoms with Crippen molar-refractivity contribution in [3.8, 4) is 0 Å². The van der Waals surface area contributed by atoms with Gasteiger partial charge in [0.1, 0.15) is 18.6 Å². The Labute approximate surface area is 162 Å². The highest BCUT2D eigenvalue weighted by atomic mass is 19.1. The minimum Gasteiger partial charge on any atom is -0.445 e. The Morgan fingerprint density at radius 2 is 1.93 bits per heavy atom. The third-order valence-electron chi connectivity index (χ3n) is 4.90. The Morgan fingerprint density at radius 1 is 1.18 bits per heavy atom. The molecule has 0 spiro atoms. The van der Waals surface area contributed by atoms with E-state index >= 15 is 0 Å². The molecule has 0 saturated carbocycles. The van der Waals surface area contributed by atoms with Gasteiger partial charge in [0.25, 0.3) is 0 Å². The molecule has 3 rings (SSSR count). The van der Waals surface area contributed by atoms with Gasteiger partial charge in [0, 0.05) is 18.7 Å². The second kappa shape index (κ2) is 8.93. The van der Waals surface area contributed by atoms with Crippen LogP contribution in [0.3, 0.4) is 0 Å². The standard InChI is InChI=1S/C21H22F2N2O3/c22-16-7-6-15(11-24)18(10-16)20(26)17-8-9-25(12-19(17)23)21(27)28-13-14-4-2-1-3-5-14/h1-7,10,17,19H,8-9,11-13,24H2. The number of nitrogens with zero attached hydrogens (tertiary/aromatic N) is 1. The van der Waals surface area contributed by atoms with E-state index in [9.17, 15) is 18.4 Å². The maximum Gasteiger partial charge on any atom is 0.410 e. The fourth-order valence-corrected chi connectivity index (χ4v) is 3.33. The minimum atomic E-state index is -1.56. The van der Waals surface area contributed by atoms with E-state index in [2.05, 4.69) is 0 Å². The summed E-state index contributed by atoms with van der Waals surface area (Å²) in [5, 5.41) is 0. The number of carbonyl (C=O) groups is 2. The summed E-state index contributed by atoms with van der Waals surface area (Å²) in [6, 6.07) is 12.9. The van der Waals surface area contributed by atoms with E-state index in [1.54, 1.807) is 0 Å². The van der Waals surface area contributed by atoms with Gasteiger partial charge in [-0.2, -0.15) is 0 Å². The van der Waals surface area contributed by atoms with Crippen molar-refractivity contribution < 1.29 is 23.1 Å². The van der Waals surface area contributed by atoms with Gasteiger partial charge in [-0.1, -0.05) is 36.4 Å². The number of benzene rings is 2. The molecule has 0 radical (unpaired) electrons. The summed E-state index contributed by atoms with van der Waals surface area (Å²) < 4.78 is 33.5. The lowest BCUT2D eigenvalue weighted by atomic mass is 9.86. The zero-order chi connectivity index (χ0) is 20.1. The highest BCUT2D eigenvalue weighted by molar-refractivity contribution is 5.99. The number of amides is 1. The van der Waals surface area contributed by atoms with Crippen LogP contribution in [0.4, 0.5) is 13.6 Å². The van der Waals surface area contributed by atoms with E-state index in [-0.39, 0.29) is 38.2 Å². The third-order valence-corrected chi connectivity index (χ3v) is 4.90. The van der Waals surface area contributed by atoms with Crippen molar-refractivity contribution in [2.45, 2.75) is 25.7 Å². The zero-order valence-corrected chi connectivity index (χ0v) is 15.3. The van der Waals surface area contributed by atoms with Crippen LogP contribution >= 0.6 is 0 Å². The molecule has 0 aliphatic carbocycles. The van der Waals surface area contributed by atoms with Gasteiger partial charge in [0.05, 0.1) is 12.5 Å². The van der Waals surface area contributed by atoms with E-state index in [0.717, 1.165) is 11.6 Å². The number of ketones is 1. The Kier molecular flexibility index (Phi) is 6.36. The average molecular weight is 388 g/mol. The number of alkyl halides is 1. The lowest BCUT2D eigenvalue weighted by Crippen LogP contribution is -2.47. The molecule has 1 amide bonds. The number of nitrogens with two attached hydrogens (primary N) is 1. The summed E-state index contributed by atoms with van der Waals surface area (Å²) >= 11 is 0. The molecule has 1 fully saturated rings. The normalized spacial score (nSPS) is 19.3. The van der Waals surface area contributed by atoms with E-state index in [0.29, 0.717) is 5.56 Å². The summed E-state index contributed by atoms with van der Waals surface area (Å²) in [6.07, 6.45) is -2.04. The number of rotatable bonds is 5. The monoisotopic (exact) mass is 388 g/mol. The first-order chi connectivity index (χ1) is 13.5. The first-order valence-electron chi connectivity index (χ1n) is 9.12. The number of hydrogen-bond acceptors (Lipinski definition) is 4. The van der Waals surface area contributed by atoms with Gasteiger partial charge >= 0.3 is 6.09 Å². The molecule has 2 atom stereocenters. The Hall–Kier alpha value is -2.80. The molecule has 1 saturated heterocycles. The molecule has 28 heavy (non-hydrogen) atoms. The van der Waals surface area contributed by atoms with Gasteiger partial charge in [-0.05, 0) is 29.7 Å². The van der Waals surface area contributed by atoms with Crippen molar-refractivity contribution in [1.29, 1.82) is 0 Å². The number of ether oxygens (including phenoxy) is 1. The number of likely N-dealkylation sites (tertiary alicyclic amines) is 1. The lowest BCUT2D eigenvalue weighted by molar-refractivity contribution is 0.0456. The van der Waals surface area contributed by atoms with Crippen LogP contribution in [0.15, 0.2) is 48.5 Å². The highest BCUT2D eigenvalue weighted by Crippen LogP contribution is 2.27. The first-order valence-corrected chi connectivity index (χ1v) is 9.12. The van der Waals surface area contributed by atoms with E-state index in [1.165, 1.54) is 17.0 Å². The Bertz CT molecular complexity index is 845. The molecule has 1 aliphatic heterocycles. The van der Waals surface area contributed by atoms with Crippen LogP contribution in [0.2, 0.25) is 0 Å². The number of piperidine rings is 1. The summed E-state index contributed by atoms with van der Waals surface area (Å²) in [4.78, 5) is 26.2. The number of halogens is 2. The average Bonchev–Trinajstić information content (AvgIpc) is 2.72. The van der Waals surface area contributed by atoms with Gasteiger partial charge in [-0.3, -0.25) is 4.79 Å². The highest BCUT2D eigenvalue weighted by Gasteiger charge is 2.37. The molecule has 2 unspecified atom stereocenters. The summed E-state index contributed by atoms with van der Waals surface area (Å²) in [7, 11) is 0. The molecule has 148 valence electrons. The van der Waals surface area contributed by atoms with Crippen LogP contribution in [0.5, 0.6) is 0 Å². The topological polar surface area (TPSA) is 72.6 Å². The second-order valence-electron chi connectivity index (χ2n) is 6.77. The van der Waals surface area contributed by atoms with Crippen LogP contribution in [0.1, 0.15) is 27.9 Å². The molecule has 5 nitrogen and oxygen atoms in total. The molecular formula is C21H22F2N2O3. The smallest absolute Gasteiger partial charge is 0.410 e. The lowest BCUT2D eigenvalue weighted by Gasteiger charge is -2.33. The van der Waals surface area contributed by atoms with Gasteiger partial charge in [0.15, 0.2) is 5.78 Å². The largest absolute Gasteiger partial charge is 0.445 e. The van der Waals surface area contributed by atoms with E-state index in [4.69, 9.17) is 10.5 Å². The van der Waals surface area contributed by atoms with Gasteiger partial charge in [0.2, 0.25) is 0 Å². The predicted octanol–water partition coefficient (Wildman–Crippen LogP) is 3.46. The van der Waals surface area contributed by atoms with Gasteiger partial charge in [-0.25, -0.2) is 13.6 Å². The summed E-state index contributed by atoms with van der Waals surface area (Å²) in [6.45, 7) is 0.108. The zero-order valence-electron chi connectivity index (χ0n) is 15.3. The molecule has 0 bridgehead atoms. The number of Topliss-reactive ketones (excluding diaryl/α,β-unsaturated/α-hetero) is 1. The number of hydrogen-bond donors (Lipinski definition) is 1. The van der Waals surface area contributed by atoms with Crippen LogP contribution in [0, 0.1) is 11.7 Å². The van der Waals surface area contributed by atoms with Gasteiger partial charge < -0.3 is 15.4 Å². The Balaban J connectivity index is 1.61. The number of carbonyl (C=O) groups excluding carboxylic acids is 2. The Morgan fingerprint density at radius 3 is 2.61 bits per heavy atom. The third kappa shape index (κ3) is 4.54. The first kappa shape index (κ1) is 19.9. The molecule has 0 aromatic heterocycles. The maximum absolute atomic E-state index is 14.7. The fraction of sp³-hybridized carbons (Fsp3) is 0.333. The SMILES string of the molecule is NCc1ccc(F)cc1C(=O)C1CCN(C(=O)OCc2ccccc2)CC1F. The molecule has 1 aliphatic rings. The van der Waals surface area contributed by atoms with Crippen molar-refractivity contribution >= 4 is 11.9 Å². The molecule has 7 heteroatoms. The van der Waals surface area contributed by atoms with Crippen molar-refractivity contribution in [2.75, 3.05) is 13.1 Å². The quantitative estimate of drug-likeness (QED) is 0.796. The van der Waals surface area contributed by atoms with Gasteiger partial charge in [-0.15, -0.1) is 0 Å². The summed E-state index contributed by atoms with van der Waals surface area (Å²) in [5.41, 5.74) is 7.02. The predicted molar refractivity (Wildman–Crippen MR) is 99.8 cm³/mol. The van der Waals surface area contributed by atoms with E-state index in [1.807, 2.05) is 30.3 Å². The van der Waals surface area contributed by atoms with Crippen molar-refractivity contribution in [3.63, 3.8) is 0 Å². The molecule has 2 aromatic rings. The maximum atomic E-state index is 14.7. The van der Waals surface area contributed by atoms with E-state index < -0.39 is 29.8 Å². The van der Waals surface area contributed by atoms with Crippen LogP contribution < -0.4 is 5.73 Å². The fourth-order valence-electron chi connectivity index (χ4n) is 3.33. The van der Waals surface area contributed by atoms with Crippen molar-refractivity contribution in [1.82, 2.24) is 4.90 Å². The van der Waals surface area contributed by atoms with Crippen LogP contribution in [0.25, 0.3) is 0 Å². The second-order valence-corrected chi connectivity index (χ2v) is 6.77. The van der Waals surface area contributed by atoms with Crippen molar-refractivity contribution in [2.24, 2.45) is 11.7 Å². The summed E-state index contributed by atoms with van der Waals surface area (Å²) in [5.74, 6) is -1.99. The van der Waals surface area contributed by atoms with Crippen LogP contribution in [-0.2, 0) is 17.9 Å². The minimum absolute atomic E-state index is 0.0585. The van der Waals surface area contributed by atoms with Crippen LogP contribution in [-0.4, -0.2) is 36.0 Å². The van der Waals surface area contributed by atoms with Crippen molar-refractivity contribution in [3.05, 3.63) is 71.0 Å². The molecule has 2 aromatic carbocycles. The molecular weight excluding hydrogens is 366 g/mol. The molecule has 1 heterocycles.